The molecule has 0 unspecified atom stereocenters. The Kier molecular flexibility index (Phi) is 7.98. The van der Waals surface area contributed by atoms with Crippen molar-refractivity contribution in [2.45, 2.75) is 6.54 Å². The second kappa shape index (κ2) is 10.9. The summed E-state index contributed by atoms with van der Waals surface area (Å²) in [6, 6.07) is 18.0. The van der Waals surface area contributed by atoms with Crippen LogP contribution in [0.3, 0.4) is 0 Å². The van der Waals surface area contributed by atoms with Gasteiger partial charge in [0, 0.05) is 11.8 Å². The van der Waals surface area contributed by atoms with E-state index in [1.165, 1.54) is 45.6 Å². The summed E-state index contributed by atoms with van der Waals surface area (Å²) >= 11 is 0. The monoisotopic (exact) mass is 498 g/mol. The number of esters is 1. The quantitative estimate of drug-likeness (QED) is 0.448. The first-order chi connectivity index (χ1) is 16.7. The molecular formula is C25H26N2O7S. The average Bonchev–Trinajstić information content (AvgIpc) is 2.86. The van der Waals surface area contributed by atoms with Crippen LogP contribution in [0.2, 0.25) is 0 Å². The van der Waals surface area contributed by atoms with E-state index in [2.05, 4.69) is 10.1 Å². The fraction of sp³-hybridized carbons (Fsp3) is 0.200. The standard InChI is InChI=1S/C25H26N2O7S/c1-32-22-14-20(24(28)26-19-12-10-18(11-13-19)25(29)34-3)21(15-23(22)33-2)27(35(4,30)31)16-17-8-6-5-7-9-17/h5-15H,16H2,1-4H3,(H,26,28). The molecule has 0 atom stereocenters. The Morgan fingerprint density at radius 2 is 1.49 bits per heavy atom. The van der Waals surface area contributed by atoms with Gasteiger partial charge in [0.15, 0.2) is 11.5 Å². The number of methoxy groups -OCH3 is 3. The number of carbonyl (C=O) groups is 2. The van der Waals surface area contributed by atoms with Gasteiger partial charge in [-0.05, 0) is 35.9 Å². The summed E-state index contributed by atoms with van der Waals surface area (Å²) in [6.07, 6.45) is 1.07. The van der Waals surface area contributed by atoms with Crippen LogP contribution in [0.25, 0.3) is 0 Å². The lowest BCUT2D eigenvalue weighted by molar-refractivity contribution is 0.0600. The molecule has 3 aromatic rings. The number of rotatable bonds is 9. The summed E-state index contributed by atoms with van der Waals surface area (Å²) in [5.74, 6) is -0.554. The van der Waals surface area contributed by atoms with Gasteiger partial charge in [0.05, 0.1) is 50.9 Å². The molecule has 35 heavy (non-hydrogen) atoms. The Morgan fingerprint density at radius 3 is 2.03 bits per heavy atom. The normalized spacial score (nSPS) is 10.9. The summed E-state index contributed by atoms with van der Waals surface area (Å²) in [6.45, 7) is 0.00324. The largest absolute Gasteiger partial charge is 0.493 e. The zero-order valence-electron chi connectivity index (χ0n) is 19.8. The highest BCUT2D eigenvalue weighted by Crippen LogP contribution is 2.37. The fourth-order valence-corrected chi connectivity index (χ4v) is 4.28. The zero-order chi connectivity index (χ0) is 25.6. The molecule has 0 fully saturated rings. The summed E-state index contributed by atoms with van der Waals surface area (Å²) in [5.41, 5.74) is 1.64. The van der Waals surface area contributed by atoms with E-state index in [-0.39, 0.29) is 29.3 Å². The molecular weight excluding hydrogens is 472 g/mol. The van der Waals surface area contributed by atoms with E-state index in [0.29, 0.717) is 11.3 Å². The number of carbonyl (C=O) groups excluding carboxylic acids is 2. The van der Waals surface area contributed by atoms with E-state index in [4.69, 9.17) is 9.47 Å². The first-order valence-corrected chi connectivity index (χ1v) is 12.3. The topological polar surface area (TPSA) is 111 Å². The fourth-order valence-electron chi connectivity index (χ4n) is 3.39. The van der Waals surface area contributed by atoms with Gasteiger partial charge in [-0.3, -0.25) is 9.10 Å². The van der Waals surface area contributed by atoms with Gasteiger partial charge in [0.1, 0.15) is 0 Å². The Hall–Kier alpha value is -4.05. The van der Waals surface area contributed by atoms with Crippen molar-refractivity contribution in [2.75, 3.05) is 37.2 Å². The summed E-state index contributed by atoms with van der Waals surface area (Å²) in [7, 11) is 0.318. The minimum absolute atomic E-state index is 0.00324. The highest BCUT2D eigenvalue weighted by Gasteiger charge is 2.26. The van der Waals surface area contributed by atoms with Crippen LogP contribution in [0.15, 0.2) is 66.7 Å². The molecule has 0 bridgehead atoms. The number of anilines is 2. The number of benzene rings is 3. The van der Waals surface area contributed by atoms with Crippen LogP contribution >= 0.6 is 0 Å². The number of hydrogen-bond acceptors (Lipinski definition) is 7. The molecule has 1 amide bonds. The molecule has 0 aliphatic heterocycles. The van der Waals surface area contributed by atoms with Crippen LogP contribution in [0.1, 0.15) is 26.3 Å². The summed E-state index contributed by atoms with van der Waals surface area (Å²) in [5, 5.41) is 2.73. The van der Waals surface area contributed by atoms with Crippen LogP contribution in [0.4, 0.5) is 11.4 Å². The van der Waals surface area contributed by atoms with Crippen molar-refractivity contribution in [1.82, 2.24) is 0 Å². The lowest BCUT2D eigenvalue weighted by Gasteiger charge is -2.26. The van der Waals surface area contributed by atoms with Crippen LogP contribution in [0, 0.1) is 0 Å². The molecule has 9 nitrogen and oxygen atoms in total. The van der Waals surface area contributed by atoms with E-state index in [0.717, 1.165) is 16.1 Å². The lowest BCUT2D eigenvalue weighted by atomic mass is 10.1. The van der Waals surface area contributed by atoms with E-state index < -0.39 is 21.9 Å². The highest BCUT2D eigenvalue weighted by atomic mass is 32.2. The van der Waals surface area contributed by atoms with E-state index in [1.807, 2.05) is 6.07 Å². The van der Waals surface area contributed by atoms with Crippen LogP contribution in [-0.2, 0) is 21.3 Å². The van der Waals surface area contributed by atoms with Crippen molar-refractivity contribution in [1.29, 1.82) is 0 Å². The number of hydrogen-bond donors (Lipinski definition) is 1. The number of nitrogens with zero attached hydrogens (tertiary/aromatic N) is 1. The molecule has 184 valence electrons. The van der Waals surface area contributed by atoms with E-state index in [9.17, 15) is 18.0 Å². The van der Waals surface area contributed by atoms with Gasteiger partial charge in [-0.1, -0.05) is 30.3 Å². The van der Waals surface area contributed by atoms with E-state index in [1.54, 1.807) is 36.4 Å². The van der Waals surface area contributed by atoms with Crippen molar-refractivity contribution < 1.29 is 32.2 Å². The van der Waals surface area contributed by atoms with Crippen molar-refractivity contribution in [3.63, 3.8) is 0 Å². The first-order valence-electron chi connectivity index (χ1n) is 10.4. The van der Waals surface area contributed by atoms with Crippen LogP contribution < -0.4 is 19.1 Å². The lowest BCUT2D eigenvalue weighted by Crippen LogP contribution is -2.31. The van der Waals surface area contributed by atoms with Crippen molar-refractivity contribution >= 4 is 33.3 Å². The van der Waals surface area contributed by atoms with Gasteiger partial charge in [-0.2, -0.15) is 0 Å². The molecule has 0 spiro atoms. The third kappa shape index (κ3) is 6.10. The zero-order valence-corrected chi connectivity index (χ0v) is 20.6. The molecule has 0 saturated heterocycles. The number of nitrogens with one attached hydrogen (secondary N) is 1. The average molecular weight is 499 g/mol. The van der Waals surface area contributed by atoms with Gasteiger partial charge >= 0.3 is 5.97 Å². The Bertz CT molecular complexity index is 1310. The summed E-state index contributed by atoms with van der Waals surface area (Å²) in [4.78, 5) is 25.0. The predicted octanol–water partition coefficient (Wildman–Crippen LogP) is 3.71. The van der Waals surface area contributed by atoms with Gasteiger partial charge in [0.25, 0.3) is 5.91 Å². The summed E-state index contributed by atoms with van der Waals surface area (Å²) < 4.78 is 42.2. The second-order valence-corrected chi connectivity index (χ2v) is 9.41. The van der Waals surface area contributed by atoms with Crippen molar-refractivity contribution in [3.8, 4) is 11.5 Å². The third-order valence-corrected chi connectivity index (χ3v) is 6.27. The van der Waals surface area contributed by atoms with Crippen LogP contribution in [-0.4, -0.2) is 47.9 Å². The van der Waals surface area contributed by atoms with Crippen molar-refractivity contribution in [2.24, 2.45) is 0 Å². The molecule has 0 aromatic heterocycles. The number of ether oxygens (including phenoxy) is 3. The maximum absolute atomic E-state index is 13.3. The van der Waals surface area contributed by atoms with Gasteiger partial charge < -0.3 is 19.5 Å². The maximum atomic E-state index is 13.3. The Labute approximate surface area is 204 Å². The SMILES string of the molecule is COC(=O)c1ccc(NC(=O)c2cc(OC)c(OC)cc2N(Cc2ccccc2)S(C)(=O)=O)cc1. The molecule has 1 N–H and O–H groups in total. The Morgan fingerprint density at radius 1 is 0.886 bits per heavy atom. The second-order valence-electron chi connectivity index (χ2n) is 7.50. The van der Waals surface area contributed by atoms with Gasteiger partial charge in [-0.25, -0.2) is 13.2 Å². The van der Waals surface area contributed by atoms with Gasteiger partial charge in [-0.15, -0.1) is 0 Å². The smallest absolute Gasteiger partial charge is 0.337 e. The van der Waals surface area contributed by atoms with E-state index >= 15 is 0 Å². The molecule has 3 rings (SSSR count). The molecule has 0 radical (unpaired) electrons. The number of sulfonamides is 1. The Balaban J connectivity index is 2.07. The highest BCUT2D eigenvalue weighted by molar-refractivity contribution is 7.92. The minimum atomic E-state index is -3.80. The molecule has 0 aliphatic rings. The molecule has 0 aliphatic carbocycles. The van der Waals surface area contributed by atoms with Crippen molar-refractivity contribution in [3.05, 3.63) is 83.4 Å². The molecule has 10 heteroatoms. The maximum Gasteiger partial charge on any atom is 0.337 e. The molecule has 0 saturated carbocycles. The molecule has 0 heterocycles. The minimum Gasteiger partial charge on any atom is -0.493 e. The third-order valence-electron chi connectivity index (χ3n) is 5.15. The van der Waals surface area contributed by atoms with Crippen LogP contribution in [0.5, 0.6) is 11.5 Å². The molecule has 3 aromatic carbocycles. The predicted molar refractivity (Wildman–Crippen MR) is 133 cm³/mol. The first kappa shape index (κ1) is 25.6. The number of amides is 1. The van der Waals surface area contributed by atoms with Gasteiger partial charge in [0.2, 0.25) is 10.0 Å².